The molecule has 0 aromatic rings. The largest absolute Gasteiger partial charge is 0.396 e. The number of aliphatic hydroxyl groups excluding tert-OH is 1. The van der Waals surface area contributed by atoms with Crippen LogP contribution in [0.5, 0.6) is 0 Å². The lowest BCUT2D eigenvalue weighted by atomic mass is 9.88. The van der Waals surface area contributed by atoms with Crippen LogP contribution in [0, 0.1) is 5.92 Å². The highest BCUT2D eigenvalue weighted by molar-refractivity contribution is 5.06. The SMILES string of the molecule is CCCC1=CCC(CO)CC1. The van der Waals surface area contributed by atoms with Crippen molar-refractivity contribution >= 4 is 0 Å². The van der Waals surface area contributed by atoms with E-state index in [4.69, 9.17) is 5.11 Å². The zero-order valence-electron chi connectivity index (χ0n) is 7.34. The maximum Gasteiger partial charge on any atom is 0.0462 e. The van der Waals surface area contributed by atoms with Crippen molar-refractivity contribution in [1.82, 2.24) is 0 Å². The van der Waals surface area contributed by atoms with Crippen LogP contribution in [0.2, 0.25) is 0 Å². The van der Waals surface area contributed by atoms with Crippen LogP contribution in [0.1, 0.15) is 39.0 Å². The molecule has 1 nitrogen and oxygen atoms in total. The van der Waals surface area contributed by atoms with Crippen LogP contribution in [0.3, 0.4) is 0 Å². The quantitative estimate of drug-likeness (QED) is 0.619. The second-order valence-electron chi connectivity index (χ2n) is 3.44. The summed E-state index contributed by atoms with van der Waals surface area (Å²) >= 11 is 0. The topological polar surface area (TPSA) is 20.2 Å². The molecule has 1 rings (SSSR count). The molecule has 0 amide bonds. The monoisotopic (exact) mass is 154 g/mol. The maximum absolute atomic E-state index is 8.88. The zero-order valence-corrected chi connectivity index (χ0v) is 7.34. The van der Waals surface area contributed by atoms with Crippen LogP contribution in [0.15, 0.2) is 11.6 Å². The first kappa shape index (κ1) is 8.79. The van der Waals surface area contributed by atoms with Gasteiger partial charge in [-0.15, -0.1) is 0 Å². The minimum Gasteiger partial charge on any atom is -0.396 e. The molecule has 0 aromatic heterocycles. The molecule has 0 fully saturated rings. The summed E-state index contributed by atoms with van der Waals surface area (Å²) in [5, 5.41) is 8.88. The van der Waals surface area contributed by atoms with Gasteiger partial charge in [-0.25, -0.2) is 0 Å². The van der Waals surface area contributed by atoms with Gasteiger partial charge in [-0.1, -0.05) is 25.0 Å². The number of hydrogen-bond acceptors (Lipinski definition) is 1. The predicted octanol–water partition coefficient (Wildman–Crippen LogP) is 2.51. The first-order chi connectivity index (χ1) is 5.36. The molecular weight excluding hydrogens is 136 g/mol. The van der Waals surface area contributed by atoms with Gasteiger partial charge in [-0.05, 0) is 31.6 Å². The van der Waals surface area contributed by atoms with E-state index in [0.29, 0.717) is 12.5 Å². The number of rotatable bonds is 3. The van der Waals surface area contributed by atoms with E-state index in [0.717, 1.165) is 6.42 Å². The fraction of sp³-hybridized carbons (Fsp3) is 0.800. The third-order valence-electron chi connectivity index (χ3n) is 2.44. The Morgan fingerprint density at radius 1 is 1.64 bits per heavy atom. The minimum atomic E-state index is 0.371. The summed E-state index contributed by atoms with van der Waals surface area (Å²) in [4.78, 5) is 0. The van der Waals surface area contributed by atoms with Crippen LogP contribution in [-0.2, 0) is 0 Å². The lowest BCUT2D eigenvalue weighted by molar-refractivity contribution is 0.215. The average Bonchev–Trinajstić information content (AvgIpc) is 2.07. The number of aliphatic hydroxyl groups is 1. The smallest absolute Gasteiger partial charge is 0.0462 e. The van der Waals surface area contributed by atoms with Gasteiger partial charge in [0.05, 0.1) is 0 Å². The van der Waals surface area contributed by atoms with Gasteiger partial charge in [0.25, 0.3) is 0 Å². The van der Waals surface area contributed by atoms with Gasteiger partial charge in [0, 0.05) is 6.61 Å². The Bertz CT molecular complexity index is 138. The van der Waals surface area contributed by atoms with Gasteiger partial charge in [0.15, 0.2) is 0 Å². The standard InChI is InChI=1S/C10H18O/c1-2-3-9-4-6-10(8-11)7-5-9/h4,10-11H,2-3,5-8H2,1H3. The van der Waals surface area contributed by atoms with E-state index < -0.39 is 0 Å². The lowest BCUT2D eigenvalue weighted by Crippen LogP contribution is -2.09. The zero-order chi connectivity index (χ0) is 8.10. The van der Waals surface area contributed by atoms with E-state index >= 15 is 0 Å². The van der Waals surface area contributed by atoms with Gasteiger partial charge in [-0.3, -0.25) is 0 Å². The van der Waals surface area contributed by atoms with Crippen LogP contribution in [0.25, 0.3) is 0 Å². The van der Waals surface area contributed by atoms with Crippen LogP contribution in [-0.4, -0.2) is 11.7 Å². The molecule has 64 valence electrons. The van der Waals surface area contributed by atoms with Crippen molar-refractivity contribution < 1.29 is 5.11 Å². The Hall–Kier alpha value is -0.300. The number of allylic oxidation sites excluding steroid dienone is 2. The predicted molar refractivity (Wildman–Crippen MR) is 47.4 cm³/mol. The Balaban J connectivity index is 2.31. The molecule has 1 heteroatoms. The third-order valence-corrected chi connectivity index (χ3v) is 2.44. The van der Waals surface area contributed by atoms with Gasteiger partial charge < -0.3 is 5.11 Å². The van der Waals surface area contributed by atoms with Gasteiger partial charge >= 0.3 is 0 Å². The second kappa shape index (κ2) is 4.55. The Morgan fingerprint density at radius 3 is 2.91 bits per heavy atom. The molecular formula is C10H18O. The molecule has 0 saturated carbocycles. The van der Waals surface area contributed by atoms with Gasteiger partial charge in [0.2, 0.25) is 0 Å². The Labute approximate surface area is 69.1 Å². The highest BCUT2D eigenvalue weighted by Gasteiger charge is 2.12. The molecule has 0 heterocycles. The van der Waals surface area contributed by atoms with Gasteiger partial charge in [0.1, 0.15) is 0 Å². The summed E-state index contributed by atoms with van der Waals surface area (Å²) in [5.41, 5.74) is 1.61. The van der Waals surface area contributed by atoms with Crippen molar-refractivity contribution in [3.63, 3.8) is 0 Å². The summed E-state index contributed by atoms with van der Waals surface area (Å²) in [7, 11) is 0. The summed E-state index contributed by atoms with van der Waals surface area (Å²) < 4.78 is 0. The molecule has 0 aliphatic heterocycles. The highest BCUT2D eigenvalue weighted by Crippen LogP contribution is 2.25. The van der Waals surface area contributed by atoms with Crippen molar-refractivity contribution in [2.75, 3.05) is 6.61 Å². The molecule has 1 unspecified atom stereocenters. The van der Waals surface area contributed by atoms with E-state index in [-0.39, 0.29) is 0 Å². The Morgan fingerprint density at radius 2 is 2.45 bits per heavy atom. The molecule has 0 radical (unpaired) electrons. The normalized spacial score (nSPS) is 24.9. The molecule has 0 saturated heterocycles. The van der Waals surface area contributed by atoms with E-state index in [1.54, 1.807) is 5.57 Å². The molecule has 0 aromatic carbocycles. The molecule has 1 aliphatic rings. The van der Waals surface area contributed by atoms with Crippen LogP contribution >= 0.6 is 0 Å². The first-order valence-corrected chi connectivity index (χ1v) is 4.65. The lowest BCUT2D eigenvalue weighted by Gasteiger charge is -2.19. The fourth-order valence-electron chi connectivity index (χ4n) is 1.66. The summed E-state index contributed by atoms with van der Waals surface area (Å²) in [6.07, 6.45) is 8.37. The van der Waals surface area contributed by atoms with E-state index in [1.807, 2.05) is 0 Å². The van der Waals surface area contributed by atoms with Crippen molar-refractivity contribution in [2.24, 2.45) is 5.92 Å². The van der Waals surface area contributed by atoms with E-state index in [1.165, 1.54) is 25.7 Å². The molecule has 1 N–H and O–H groups in total. The van der Waals surface area contributed by atoms with Crippen LogP contribution in [0.4, 0.5) is 0 Å². The second-order valence-corrected chi connectivity index (χ2v) is 3.44. The molecule has 0 spiro atoms. The summed E-state index contributed by atoms with van der Waals surface area (Å²) in [6.45, 7) is 2.59. The van der Waals surface area contributed by atoms with Crippen molar-refractivity contribution in [1.29, 1.82) is 0 Å². The van der Waals surface area contributed by atoms with Gasteiger partial charge in [-0.2, -0.15) is 0 Å². The number of hydrogen-bond donors (Lipinski definition) is 1. The maximum atomic E-state index is 8.88. The molecule has 1 aliphatic carbocycles. The minimum absolute atomic E-state index is 0.371. The van der Waals surface area contributed by atoms with Crippen molar-refractivity contribution in [3.8, 4) is 0 Å². The Kier molecular flexibility index (Phi) is 3.64. The molecule has 0 bridgehead atoms. The molecule has 1 atom stereocenters. The third kappa shape index (κ3) is 2.66. The van der Waals surface area contributed by atoms with E-state index in [2.05, 4.69) is 13.0 Å². The highest BCUT2D eigenvalue weighted by atomic mass is 16.3. The average molecular weight is 154 g/mol. The fourth-order valence-corrected chi connectivity index (χ4v) is 1.66. The van der Waals surface area contributed by atoms with Crippen molar-refractivity contribution in [2.45, 2.75) is 39.0 Å². The van der Waals surface area contributed by atoms with E-state index in [9.17, 15) is 0 Å². The summed E-state index contributed by atoms with van der Waals surface area (Å²) in [6, 6.07) is 0. The summed E-state index contributed by atoms with van der Waals surface area (Å²) in [5.74, 6) is 0.551. The van der Waals surface area contributed by atoms with Crippen LogP contribution < -0.4 is 0 Å². The molecule has 11 heavy (non-hydrogen) atoms. The first-order valence-electron chi connectivity index (χ1n) is 4.65. The van der Waals surface area contributed by atoms with Crippen molar-refractivity contribution in [3.05, 3.63) is 11.6 Å².